The monoisotopic (exact) mass is 319 g/mol. The molecule has 0 spiro atoms. The van der Waals surface area contributed by atoms with Gasteiger partial charge in [0.1, 0.15) is 5.75 Å². The van der Waals surface area contributed by atoms with Gasteiger partial charge in [0.25, 0.3) is 5.91 Å². The van der Waals surface area contributed by atoms with E-state index in [1.54, 1.807) is 0 Å². The molecule has 116 valence electrons. The summed E-state index contributed by atoms with van der Waals surface area (Å²) in [5.74, 6) is 0.487. The molecule has 1 atom stereocenters. The molecule has 1 aliphatic rings. The van der Waals surface area contributed by atoms with Crippen LogP contribution in [-0.4, -0.2) is 38.5 Å². The lowest BCUT2D eigenvalue weighted by Gasteiger charge is -2.12. The van der Waals surface area contributed by atoms with Crippen LogP contribution in [0.4, 0.5) is 0 Å². The molecule has 0 unspecified atom stereocenters. The van der Waals surface area contributed by atoms with Crippen LogP contribution in [0.15, 0.2) is 42.5 Å². The van der Waals surface area contributed by atoms with Gasteiger partial charge in [0.2, 0.25) is 0 Å². The largest absolute Gasteiger partial charge is 0.484 e. The fourth-order valence-corrected chi connectivity index (χ4v) is 4.26. The summed E-state index contributed by atoms with van der Waals surface area (Å²) in [6.07, 6.45) is 0.476. The minimum atomic E-state index is -2.99. The van der Waals surface area contributed by atoms with E-state index in [1.165, 1.54) is 0 Å². The van der Waals surface area contributed by atoms with Gasteiger partial charge in [-0.25, -0.2) is 8.42 Å². The molecule has 2 aromatic carbocycles. The van der Waals surface area contributed by atoms with Crippen molar-refractivity contribution in [2.75, 3.05) is 18.1 Å². The first-order chi connectivity index (χ1) is 10.5. The number of benzene rings is 2. The molecule has 1 heterocycles. The SMILES string of the molecule is O=C(COc1ccc2ccccc2c1)N[C@@H]1CCS(=O)(=O)C1. The second-order valence-electron chi connectivity index (χ2n) is 5.47. The highest BCUT2D eigenvalue weighted by Crippen LogP contribution is 2.20. The molecule has 0 saturated carbocycles. The molecule has 3 rings (SSSR count). The average molecular weight is 319 g/mol. The minimum Gasteiger partial charge on any atom is -0.484 e. The van der Waals surface area contributed by atoms with Gasteiger partial charge < -0.3 is 10.1 Å². The molecule has 1 aliphatic heterocycles. The molecule has 1 N–H and O–H groups in total. The van der Waals surface area contributed by atoms with Gasteiger partial charge in [-0.3, -0.25) is 4.79 Å². The molecule has 5 nitrogen and oxygen atoms in total. The number of carbonyl (C=O) groups is 1. The minimum absolute atomic E-state index is 0.0225. The van der Waals surface area contributed by atoms with E-state index in [2.05, 4.69) is 5.32 Å². The van der Waals surface area contributed by atoms with Crippen LogP contribution in [0.2, 0.25) is 0 Å². The van der Waals surface area contributed by atoms with E-state index in [-0.39, 0.29) is 30.1 Å². The summed E-state index contributed by atoms with van der Waals surface area (Å²) in [5, 5.41) is 4.85. The summed E-state index contributed by atoms with van der Waals surface area (Å²) in [6.45, 7) is -0.116. The molecule has 0 bridgehead atoms. The molecule has 2 aromatic rings. The Morgan fingerprint density at radius 2 is 1.95 bits per heavy atom. The van der Waals surface area contributed by atoms with Crippen molar-refractivity contribution in [3.8, 4) is 5.75 Å². The highest BCUT2D eigenvalue weighted by atomic mass is 32.2. The van der Waals surface area contributed by atoms with Crippen molar-refractivity contribution in [1.82, 2.24) is 5.32 Å². The van der Waals surface area contributed by atoms with E-state index in [1.807, 2.05) is 42.5 Å². The third-order valence-corrected chi connectivity index (χ3v) is 5.46. The van der Waals surface area contributed by atoms with E-state index in [0.29, 0.717) is 12.2 Å². The predicted octanol–water partition coefficient (Wildman–Crippen LogP) is 1.52. The van der Waals surface area contributed by atoms with E-state index in [0.717, 1.165) is 10.8 Å². The Hall–Kier alpha value is -2.08. The number of fused-ring (bicyclic) bond motifs is 1. The smallest absolute Gasteiger partial charge is 0.258 e. The van der Waals surface area contributed by atoms with Gasteiger partial charge in [-0.1, -0.05) is 30.3 Å². The first-order valence-corrected chi connectivity index (χ1v) is 8.95. The van der Waals surface area contributed by atoms with Crippen LogP contribution in [0.25, 0.3) is 10.8 Å². The molecule has 1 fully saturated rings. The van der Waals surface area contributed by atoms with Crippen molar-refractivity contribution >= 4 is 26.5 Å². The molecule has 0 radical (unpaired) electrons. The van der Waals surface area contributed by atoms with Crippen molar-refractivity contribution in [3.63, 3.8) is 0 Å². The Labute approximate surface area is 129 Å². The highest BCUT2D eigenvalue weighted by molar-refractivity contribution is 7.91. The molecule has 1 saturated heterocycles. The van der Waals surface area contributed by atoms with Gasteiger partial charge in [0, 0.05) is 6.04 Å². The van der Waals surface area contributed by atoms with E-state index >= 15 is 0 Å². The topological polar surface area (TPSA) is 72.5 Å². The van der Waals surface area contributed by atoms with Crippen LogP contribution < -0.4 is 10.1 Å². The maximum absolute atomic E-state index is 11.8. The lowest BCUT2D eigenvalue weighted by molar-refractivity contribution is -0.123. The zero-order chi connectivity index (χ0) is 15.6. The van der Waals surface area contributed by atoms with Crippen molar-refractivity contribution in [3.05, 3.63) is 42.5 Å². The molecular formula is C16H17NO4S. The van der Waals surface area contributed by atoms with Gasteiger partial charge in [0.15, 0.2) is 16.4 Å². The number of sulfone groups is 1. The number of amides is 1. The van der Waals surface area contributed by atoms with Gasteiger partial charge in [-0.15, -0.1) is 0 Å². The Kier molecular flexibility index (Phi) is 4.02. The van der Waals surface area contributed by atoms with Crippen LogP contribution in [0.5, 0.6) is 5.75 Å². The lowest BCUT2D eigenvalue weighted by Crippen LogP contribution is -2.38. The van der Waals surface area contributed by atoms with Crippen molar-refractivity contribution in [2.24, 2.45) is 0 Å². The fourth-order valence-electron chi connectivity index (χ4n) is 2.58. The van der Waals surface area contributed by atoms with Gasteiger partial charge in [-0.2, -0.15) is 0 Å². The van der Waals surface area contributed by atoms with E-state index in [9.17, 15) is 13.2 Å². The third-order valence-electron chi connectivity index (χ3n) is 3.69. The molecule has 22 heavy (non-hydrogen) atoms. The second-order valence-corrected chi connectivity index (χ2v) is 7.69. The number of nitrogens with one attached hydrogen (secondary N) is 1. The normalized spacial score (nSPS) is 19.9. The molecule has 1 amide bonds. The Bertz CT molecular complexity index is 801. The summed E-state index contributed by atoms with van der Waals surface area (Å²) in [7, 11) is -2.99. The zero-order valence-electron chi connectivity index (χ0n) is 12.0. The third kappa shape index (κ3) is 3.57. The van der Waals surface area contributed by atoms with Crippen LogP contribution in [0.1, 0.15) is 6.42 Å². The first-order valence-electron chi connectivity index (χ1n) is 7.13. The zero-order valence-corrected chi connectivity index (χ0v) is 12.8. The van der Waals surface area contributed by atoms with E-state index in [4.69, 9.17) is 4.74 Å². The Morgan fingerprint density at radius 1 is 1.18 bits per heavy atom. The molecular weight excluding hydrogens is 302 g/mol. The van der Waals surface area contributed by atoms with Gasteiger partial charge in [-0.05, 0) is 29.3 Å². The second kappa shape index (κ2) is 5.96. The predicted molar refractivity (Wildman–Crippen MR) is 84.6 cm³/mol. The fraction of sp³-hybridized carbons (Fsp3) is 0.312. The summed E-state index contributed by atoms with van der Waals surface area (Å²) >= 11 is 0. The van der Waals surface area contributed by atoms with Gasteiger partial charge in [0.05, 0.1) is 11.5 Å². The van der Waals surface area contributed by atoms with Crippen LogP contribution in [0.3, 0.4) is 0 Å². The summed E-state index contributed by atoms with van der Waals surface area (Å²) in [6, 6.07) is 13.2. The Morgan fingerprint density at radius 3 is 2.68 bits per heavy atom. The number of hydrogen-bond donors (Lipinski definition) is 1. The number of rotatable bonds is 4. The molecule has 0 aromatic heterocycles. The van der Waals surface area contributed by atoms with Gasteiger partial charge >= 0.3 is 0 Å². The highest BCUT2D eigenvalue weighted by Gasteiger charge is 2.28. The molecule has 6 heteroatoms. The Balaban J connectivity index is 1.56. The number of carbonyl (C=O) groups excluding carboxylic acids is 1. The summed E-state index contributed by atoms with van der Waals surface area (Å²) < 4.78 is 28.2. The summed E-state index contributed by atoms with van der Waals surface area (Å²) in [5.41, 5.74) is 0. The van der Waals surface area contributed by atoms with Crippen LogP contribution >= 0.6 is 0 Å². The van der Waals surface area contributed by atoms with Crippen LogP contribution in [-0.2, 0) is 14.6 Å². The van der Waals surface area contributed by atoms with Crippen molar-refractivity contribution < 1.29 is 17.9 Å². The lowest BCUT2D eigenvalue weighted by atomic mass is 10.1. The number of hydrogen-bond acceptors (Lipinski definition) is 4. The molecule has 0 aliphatic carbocycles. The number of ether oxygens (including phenoxy) is 1. The van der Waals surface area contributed by atoms with Crippen LogP contribution in [0, 0.1) is 0 Å². The maximum atomic E-state index is 11.8. The first kappa shape index (κ1) is 14.8. The average Bonchev–Trinajstić information content (AvgIpc) is 2.84. The maximum Gasteiger partial charge on any atom is 0.258 e. The summed E-state index contributed by atoms with van der Waals surface area (Å²) in [4.78, 5) is 11.8. The van der Waals surface area contributed by atoms with Crippen molar-refractivity contribution in [1.29, 1.82) is 0 Å². The quantitative estimate of drug-likeness (QED) is 0.927. The van der Waals surface area contributed by atoms with Crippen molar-refractivity contribution in [2.45, 2.75) is 12.5 Å². The van der Waals surface area contributed by atoms with E-state index < -0.39 is 9.84 Å². The standard InChI is InChI=1S/C16H17NO4S/c18-16(17-14-7-8-22(19,20)11-14)10-21-15-6-5-12-3-1-2-4-13(12)9-15/h1-6,9,14H,7-8,10-11H2,(H,17,18)/t14-/m1/s1.